The monoisotopic (exact) mass is 270 g/mol. The summed E-state index contributed by atoms with van der Waals surface area (Å²) in [5.74, 6) is -0.211. The summed E-state index contributed by atoms with van der Waals surface area (Å²) < 4.78 is 38.1. The van der Waals surface area contributed by atoms with Crippen LogP contribution in [-0.2, 0) is 11.0 Å². The lowest BCUT2D eigenvalue weighted by molar-refractivity contribution is -0.137. The highest BCUT2D eigenvalue weighted by molar-refractivity contribution is 5.63. The van der Waals surface area contributed by atoms with Gasteiger partial charge >= 0.3 is 6.18 Å². The second-order valence-electron chi connectivity index (χ2n) is 5.18. The Balaban J connectivity index is 2.25. The van der Waals surface area contributed by atoms with Crippen LogP contribution in [0.1, 0.15) is 49.1 Å². The minimum absolute atomic E-state index is 0.190. The Hall–Kier alpha value is -1.32. The number of alkyl halides is 3. The third-order valence-corrected chi connectivity index (χ3v) is 3.90. The molecule has 4 heteroatoms. The van der Waals surface area contributed by atoms with Gasteiger partial charge in [0.05, 0.1) is 5.56 Å². The van der Waals surface area contributed by atoms with Crippen molar-refractivity contribution in [2.24, 2.45) is 5.92 Å². The van der Waals surface area contributed by atoms with E-state index in [4.69, 9.17) is 0 Å². The molecular formula is C15H17F3O. The average molecular weight is 270 g/mol. The standard InChI is InChI=1S/C15H17F3O/c16-15(17,18)13-8-4-7-12(9-13)14(10-19)11-5-2-1-3-6-11/h4,7-11,14H,1-3,5-6H2. The minimum atomic E-state index is -4.35. The van der Waals surface area contributed by atoms with Crippen molar-refractivity contribution in [1.29, 1.82) is 0 Å². The summed E-state index contributed by atoms with van der Waals surface area (Å²) in [5, 5.41) is 0. The Morgan fingerprint density at radius 3 is 2.42 bits per heavy atom. The predicted molar refractivity (Wildman–Crippen MR) is 66.8 cm³/mol. The SMILES string of the molecule is O=CC(c1cccc(C(F)(F)F)c1)C1CCCCC1. The van der Waals surface area contributed by atoms with E-state index in [1.165, 1.54) is 6.07 Å². The van der Waals surface area contributed by atoms with Crippen LogP contribution in [-0.4, -0.2) is 6.29 Å². The first kappa shape index (κ1) is 14.1. The number of rotatable bonds is 3. The van der Waals surface area contributed by atoms with Gasteiger partial charge in [-0.15, -0.1) is 0 Å². The largest absolute Gasteiger partial charge is 0.416 e. The van der Waals surface area contributed by atoms with Crippen LogP contribution in [0.25, 0.3) is 0 Å². The molecule has 1 fully saturated rings. The molecule has 1 unspecified atom stereocenters. The van der Waals surface area contributed by atoms with E-state index in [0.29, 0.717) is 5.56 Å². The van der Waals surface area contributed by atoms with Gasteiger partial charge in [-0.05, 0) is 30.4 Å². The van der Waals surface area contributed by atoms with Crippen molar-refractivity contribution in [3.05, 3.63) is 35.4 Å². The molecule has 0 saturated heterocycles. The summed E-state index contributed by atoms with van der Waals surface area (Å²) in [7, 11) is 0. The molecule has 0 aromatic heterocycles. The summed E-state index contributed by atoms with van der Waals surface area (Å²) in [6.07, 6.45) is 1.60. The van der Waals surface area contributed by atoms with E-state index in [0.717, 1.165) is 50.5 Å². The molecule has 1 aliphatic carbocycles. The van der Waals surface area contributed by atoms with Crippen LogP contribution in [0.15, 0.2) is 24.3 Å². The number of hydrogen-bond acceptors (Lipinski definition) is 1. The highest BCUT2D eigenvalue weighted by Crippen LogP contribution is 2.37. The van der Waals surface area contributed by atoms with Crippen molar-refractivity contribution in [2.75, 3.05) is 0 Å². The van der Waals surface area contributed by atoms with Gasteiger partial charge in [0.2, 0.25) is 0 Å². The summed E-state index contributed by atoms with van der Waals surface area (Å²) >= 11 is 0. The molecular weight excluding hydrogens is 253 g/mol. The molecule has 0 heterocycles. The average Bonchev–Trinajstić information content (AvgIpc) is 2.40. The molecule has 0 amide bonds. The molecule has 104 valence electrons. The van der Waals surface area contributed by atoms with E-state index < -0.39 is 17.7 Å². The molecule has 0 spiro atoms. The molecule has 1 aliphatic rings. The third-order valence-electron chi connectivity index (χ3n) is 3.90. The number of halogens is 3. The highest BCUT2D eigenvalue weighted by Gasteiger charge is 2.32. The van der Waals surface area contributed by atoms with Gasteiger partial charge in [0, 0.05) is 5.92 Å². The molecule has 2 rings (SSSR count). The second kappa shape index (κ2) is 5.76. The number of hydrogen-bond donors (Lipinski definition) is 0. The minimum Gasteiger partial charge on any atom is -0.303 e. The maximum absolute atomic E-state index is 12.7. The summed E-state index contributed by atoms with van der Waals surface area (Å²) in [5.41, 5.74) is -0.176. The Kier molecular flexibility index (Phi) is 4.27. The van der Waals surface area contributed by atoms with E-state index in [2.05, 4.69) is 0 Å². The van der Waals surface area contributed by atoms with E-state index in [1.54, 1.807) is 6.07 Å². The summed E-state index contributed by atoms with van der Waals surface area (Å²) in [4.78, 5) is 11.3. The van der Waals surface area contributed by atoms with Crippen LogP contribution in [0.4, 0.5) is 13.2 Å². The van der Waals surface area contributed by atoms with E-state index in [-0.39, 0.29) is 5.92 Å². The first-order valence-corrected chi connectivity index (χ1v) is 6.65. The fraction of sp³-hybridized carbons (Fsp3) is 0.533. The van der Waals surface area contributed by atoms with E-state index in [9.17, 15) is 18.0 Å². The van der Waals surface area contributed by atoms with E-state index in [1.807, 2.05) is 0 Å². The van der Waals surface area contributed by atoms with Crippen LogP contribution in [0.2, 0.25) is 0 Å². The first-order chi connectivity index (χ1) is 9.02. The van der Waals surface area contributed by atoms with Gasteiger partial charge < -0.3 is 4.79 Å². The van der Waals surface area contributed by atoms with Gasteiger partial charge in [-0.1, -0.05) is 37.5 Å². The van der Waals surface area contributed by atoms with Crippen molar-refractivity contribution in [3.63, 3.8) is 0 Å². The Bertz CT molecular complexity index is 433. The number of carbonyl (C=O) groups is 1. The normalized spacial score (nSPS) is 19.1. The molecule has 0 bridgehead atoms. The molecule has 1 atom stereocenters. The predicted octanol–water partition coefficient (Wildman–Crippen LogP) is 4.57. The zero-order valence-electron chi connectivity index (χ0n) is 10.6. The molecule has 19 heavy (non-hydrogen) atoms. The molecule has 0 aliphatic heterocycles. The molecule has 1 nitrogen and oxygen atoms in total. The second-order valence-corrected chi connectivity index (χ2v) is 5.18. The number of carbonyl (C=O) groups excluding carboxylic acids is 1. The lowest BCUT2D eigenvalue weighted by Crippen LogP contribution is -2.18. The fourth-order valence-corrected chi connectivity index (χ4v) is 2.88. The van der Waals surface area contributed by atoms with Crippen LogP contribution >= 0.6 is 0 Å². The molecule has 0 radical (unpaired) electrons. The van der Waals surface area contributed by atoms with Crippen molar-refractivity contribution < 1.29 is 18.0 Å². The van der Waals surface area contributed by atoms with Gasteiger partial charge in [0.15, 0.2) is 0 Å². The van der Waals surface area contributed by atoms with Gasteiger partial charge in [0.1, 0.15) is 6.29 Å². The number of benzene rings is 1. The molecule has 1 aromatic carbocycles. The lowest BCUT2D eigenvalue weighted by atomic mass is 9.77. The highest BCUT2D eigenvalue weighted by atomic mass is 19.4. The van der Waals surface area contributed by atoms with Crippen molar-refractivity contribution in [3.8, 4) is 0 Å². The van der Waals surface area contributed by atoms with Crippen LogP contribution in [0.5, 0.6) is 0 Å². The van der Waals surface area contributed by atoms with Gasteiger partial charge in [-0.3, -0.25) is 0 Å². The zero-order valence-corrected chi connectivity index (χ0v) is 10.6. The lowest BCUT2D eigenvalue weighted by Gasteiger charge is -2.27. The van der Waals surface area contributed by atoms with Crippen LogP contribution in [0, 0.1) is 5.92 Å². The Labute approximate surface area is 110 Å². The van der Waals surface area contributed by atoms with Crippen molar-refractivity contribution in [2.45, 2.75) is 44.2 Å². The third kappa shape index (κ3) is 3.37. The summed E-state index contributed by atoms with van der Waals surface area (Å²) in [6, 6.07) is 5.18. The van der Waals surface area contributed by atoms with Crippen molar-refractivity contribution in [1.82, 2.24) is 0 Å². The number of aldehydes is 1. The van der Waals surface area contributed by atoms with E-state index >= 15 is 0 Å². The molecule has 1 saturated carbocycles. The van der Waals surface area contributed by atoms with Gasteiger partial charge in [-0.2, -0.15) is 13.2 Å². The smallest absolute Gasteiger partial charge is 0.303 e. The Morgan fingerprint density at radius 1 is 1.16 bits per heavy atom. The summed E-state index contributed by atoms with van der Waals surface area (Å²) in [6.45, 7) is 0. The Morgan fingerprint density at radius 2 is 1.84 bits per heavy atom. The quantitative estimate of drug-likeness (QED) is 0.735. The van der Waals surface area contributed by atoms with Crippen molar-refractivity contribution >= 4 is 6.29 Å². The van der Waals surface area contributed by atoms with Gasteiger partial charge in [-0.25, -0.2) is 0 Å². The van der Waals surface area contributed by atoms with Crippen LogP contribution < -0.4 is 0 Å². The maximum atomic E-state index is 12.7. The zero-order chi connectivity index (χ0) is 13.9. The van der Waals surface area contributed by atoms with Crippen LogP contribution in [0.3, 0.4) is 0 Å². The topological polar surface area (TPSA) is 17.1 Å². The molecule has 0 N–H and O–H groups in total. The van der Waals surface area contributed by atoms with Gasteiger partial charge in [0.25, 0.3) is 0 Å². The first-order valence-electron chi connectivity index (χ1n) is 6.65. The molecule has 1 aromatic rings. The fourth-order valence-electron chi connectivity index (χ4n) is 2.88. The maximum Gasteiger partial charge on any atom is 0.416 e.